The fraction of sp³-hybridized carbons (Fsp3) is 0.545. The summed E-state index contributed by atoms with van der Waals surface area (Å²) in [6, 6.07) is 2.88. The molecule has 1 spiro atoms. The average molecular weight is 174 g/mol. The molecule has 0 bridgehead atoms. The first kappa shape index (κ1) is 7.36. The van der Waals surface area contributed by atoms with Crippen LogP contribution in [0.4, 0.5) is 5.82 Å². The van der Waals surface area contributed by atoms with E-state index < -0.39 is 0 Å². The van der Waals surface area contributed by atoms with Crippen molar-refractivity contribution in [3.05, 3.63) is 23.4 Å². The van der Waals surface area contributed by atoms with Gasteiger partial charge in [0.1, 0.15) is 5.82 Å². The molecule has 1 saturated carbocycles. The summed E-state index contributed by atoms with van der Waals surface area (Å²) in [5.74, 6) is 1.12. The van der Waals surface area contributed by atoms with Crippen LogP contribution in [0.1, 0.15) is 30.9 Å². The molecule has 1 aliphatic carbocycles. The summed E-state index contributed by atoms with van der Waals surface area (Å²) >= 11 is 0. The van der Waals surface area contributed by atoms with Crippen molar-refractivity contribution in [3.63, 3.8) is 0 Å². The van der Waals surface area contributed by atoms with Crippen LogP contribution < -0.4 is 5.32 Å². The predicted molar refractivity (Wildman–Crippen MR) is 53.0 cm³/mol. The van der Waals surface area contributed by atoms with E-state index in [1.54, 1.807) is 0 Å². The van der Waals surface area contributed by atoms with Gasteiger partial charge in [-0.2, -0.15) is 0 Å². The van der Waals surface area contributed by atoms with Crippen molar-refractivity contribution in [3.8, 4) is 0 Å². The molecule has 2 aliphatic rings. The molecule has 1 fully saturated rings. The Balaban J connectivity index is 2.19. The predicted octanol–water partition coefficient (Wildman–Crippen LogP) is 2.24. The number of anilines is 1. The van der Waals surface area contributed by atoms with Crippen LogP contribution in [0.5, 0.6) is 0 Å². The van der Waals surface area contributed by atoms with Gasteiger partial charge in [-0.15, -0.1) is 0 Å². The summed E-state index contributed by atoms with van der Waals surface area (Å²) < 4.78 is 0. The van der Waals surface area contributed by atoms with Gasteiger partial charge in [-0.05, 0) is 32.3 Å². The van der Waals surface area contributed by atoms with E-state index in [0.29, 0.717) is 11.5 Å². The Morgan fingerprint density at radius 1 is 1.54 bits per heavy atom. The lowest BCUT2D eigenvalue weighted by atomic mass is 9.93. The van der Waals surface area contributed by atoms with Crippen LogP contribution in [0.15, 0.2) is 12.3 Å². The van der Waals surface area contributed by atoms with Crippen molar-refractivity contribution in [2.75, 3.05) is 5.32 Å². The van der Waals surface area contributed by atoms with E-state index in [1.165, 1.54) is 24.0 Å². The number of nitrogens with one attached hydrogen (secondary N) is 1. The number of nitrogens with zero attached hydrogens (tertiary/aromatic N) is 1. The summed E-state index contributed by atoms with van der Waals surface area (Å²) in [6.45, 7) is 4.39. The minimum Gasteiger partial charge on any atom is -0.366 e. The molecule has 0 aromatic carbocycles. The third kappa shape index (κ3) is 0.808. The third-order valence-corrected chi connectivity index (χ3v) is 3.53. The van der Waals surface area contributed by atoms with E-state index in [4.69, 9.17) is 0 Å². The van der Waals surface area contributed by atoms with Gasteiger partial charge in [0.2, 0.25) is 0 Å². The molecule has 1 aromatic rings. The van der Waals surface area contributed by atoms with E-state index in [9.17, 15) is 0 Å². The SMILES string of the molecule is Cc1cnc2c(c1)C1(CC1)C(C)N2. The molecule has 2 heteroatoms. The summed E-state index contributed by atoms with van der Waals surface area (Å²) in [5.41, 5.74) is 3.19. The Bertz CT molecular complexity index is 366. The number of aromatic nitrogens is 1. The Labute approximate surface area is 78.4 Å². The average Bonchev–Trinajstić information content (AvgIpc) is 2.83. The van der Waals surface area contributed by atoms with Gasteiger partial charge in [0, 0.05) is 23.2 Å². The smallest absolute Gasteiger partial charge is 0.130 e. The van der Waals surface area contributed by atoms with Gasteiger partial charge < -0.3 is 5.32 Å². The Kier molecular flexibility index (Phi) is 1.17. The molecule has 2 heterocycles. The van der Waals surface area contributed by atoms with Crippen molar-refractivity contribution in [1.82, 2.24) is 4.98 Å². The van der Waals surface area contributed by atoms with Crippen LogP contribution in [0.2, 0.25) is 0 Å². The number of hydrogen-bond acceptors (Lipinski definition) is 2. The zero-order valence-corrected chi connectivity index (χ0v) is 8.09. The maximum Gasteiger partial charge on any atom is 0.130 e. The summed E-state index contributed by atoms with van der Waals surface area (Å²) in [4.78, 5) is 4.43. The molecular weight excluding hydrogens is 160 g/mol. The lowest BCUT2D eigenvalue weighted by molar-refractivity contribution is 0.628. The Morgan fingerprint density at radius 2 is 2.31 bits per heavy atom. The minimum atomic E-state index is 0.453. The molecule has 3 rings (SSSR count). The van der Waals surface area contributed by atoms with Crippen LogP contribution in [0, 0.1) is 6.92 Å². The van der Waals surface area contributed by atoms with E-state index in [2.05, 4.69) is 30.2 Å². The van der Waals surface area contributed by atoms with Crippen LogP contribution in [0.25, 0.3) is 0 Å². The maximum absolute atomic E-state index is 4.43. The van der Waals surface area contributed by atoms with Crippen molar-refractivity contribution in [2.45, 2.75) is 38.1 Å². The van der Waals surface area contributed by atoms with Gasteiger partial charge in [0.15, 0.2) is 0 Å². The fourth-order valence-corrected chi connectivity index (χ4v) is 2.48. The zero-order chi connectivity index (χ0) is 9.05. The quantitative estimate of drug-likeness (QED) is 0.652. The number of fused-ring (bicyclic) bond motifs is 2. The first-order chi connectivity index (χ1) is 6.22. The second-order valence-electron chi connectivity index (χ2n) is 4.43. The lowest BCUT2D eigenvalue weighted by Crippen LogP contribution is -2.22. The highest BCUT2D eigenvalue weighted by atomic mass is 15.1. The van der Waals surface area contributed by atoms with E-state index in [1.807, 2.05) is 6.20 Å². The summed E-state index contributed by atoms with van der Waals surface area (Å²) in [7, 11) is 0. The fourth-order valence-electron chi connectivity index (χ4n) is 2.48. The number of pyridine rings is 1. The summed E-state index contributed by atoms with van der Waals surface area (Å²) in [6.07, 6.45) is 4.61. The van der Waals surface area contributed by atoms with E-state index in [-0.39, 0.29) is 0 Å². The van der Waals surface area contributed by atoms with Crippen molar-refractivity contribution in [1.29, 1.82) is 0 Å². The molecule has 1 unspecified atom stereocenters. The van der Waals surface area contributed by atoms with Crippen LogP contribution in [0.3, 0.4) is 0 Å². The molecule has 1 aromatic heterocycles. The normalized spacial score (nSPS) is 27.1. The van der Waals surface area contributed by atoms with Crippen molar-refractivity contribution < 1.29 is 0 Å². The van der Waals surface area contributed by atoms with Gasteiger partial charge in [-0.1, -0.05) is 6.07 Å². The Hall–Kier alpha value is -1.05. The monoisotopic (exact) mass is 174 g/mol. The second-order valence-corrected chi connectivity index (χ2v) is 4.43. The van der Waals surface area contributed by atoms with Gasteiger partial charge in [0.25, 0.3) is 0 Å². The number of aryl methyl sites for hydroxylation is 1. The zero-order valence-electron chi connectivity index (χ0n) is 8.09. The first-order valence-electron chi connectivity index (χ1n) is 4.96. The van der Waals surface area contributed by atoms with Crippen molar-refractivity contribution in [2.24, 2.45) is 0 Å². The highest BCUT2D eigenvalue weighted by molar-refractivity contribution is 5.60. The highest BCUT2D eigenvalue weighted by Gasteiger charge is 2.54. The standard InChI is InChI=1S/C11H14N2/c1-7-5-9-10(12-6-7)13-8(2)11(9)3-4-11/h5-6,8H,3-4H2,1-2H3,(H,12,13). The Morgan fingerprint density at radius 3 is 3.00 bits per heavy atom. The molecule has 1 atom stereocenters. The second kappa shape index (κ2) is 2.06. The molecule has 68 valence electrons. The molecule has 0 amide bonds. The van der Waals surface area contributed by atoms with E-state index >= 15 is 0 Å². The molecule has 1 aliphatic heterocycles. The van der Waals surface area contributed by atoms with Crippen LogP contribution >= 0.6 is 0 Å². The molecule has 13 heavy (non-hydrogen) atoms. The lowest BCUT2D eigenvalue weighted by Gasteiger charge is -2.12. The molecule has 2 nitrogen and oxygen atoms in total. The van der Waals surface area contributed by atoms with Gasteiger partial charge in [0.05, 0.1) is 0 Å². The topological polar surface area (TPSA) is 24.9 Å². The number of hydrogen-bond donors (Lipinski definition) is 1. The number of rotatable bonds is 0. The minimum absolute atomic E-state index is 0.453. The van der Waals surface area contributed by atoms with Crippen LogP contribution in [-0.4, -0.2) is 11.0 Å². The molecule has 0 saturated heterocycles. The van der Waals surface area contributed by atoms with E-state index in [0.717, 1.165) is 5.82 Å². The summed E-state index contributed by atoms with van der Waals surface area (Å²) in [5, 5.41) is 3.47. The molecular formula is C11H14N2. The highest BCUT2D eigenvalue weighted by Crippen LogP contribution is 2.57. The van der Waals surface area contributed by atoms with Gasteiger partial charge in [-0.3, -0.25) is 0 Å². The molecule has 1 N–H and O–H groups in total. The van der Waals surface area contributed by atoms with Gasteiger partial charge >= 0.3 is 0 Å². The van der Waals surface area contributed by atoms with Crippen molar-refractivity contribution >= 4 is 5.82 Å². The first-order valence-corrected chi connectivity index (χ1v) is 4.96. The van der Waals surface area contributed by atoms with Crippen LogP contribution in [-0.2, 0) is 5.41 Å². The maximum atomic E-state index is 4.43. The third-order valence-electron chi connectivity index (χ3n) is 3.53. The van der Waals surface area contributed by atoms with Gasteiger partial charge in [-0.25, -0.2) is 4.98 Å². The largest absolute Gasteiger partial charge is 0.366 e. The molecule has 0 radical (unpaired) electrons.